The molecule has 1 amide bonds. The average molecular weight is 443 g/mol. The Morgan fingerprint density at radius 2 is 1.33 bits per heavy atom. The fourth-order valence-electron chi connectivity index (χ4n) is 4.60. The number of hydrogen-bond acceptors (Lipinski definition) is 5. The minimum Gasteiger partial charge on any atom is -0.468 e. The van der Waals surface area contributed by atoms with Crippen LogP contribution < -0.4 is 0 Å². The number of hydrogen-bond donors (Lipinski definition) is 0. The average Bonchev–Trinajstić information content (AvgIpc) is 2.85. The van der Waals surface area contributed by atoms with Gasteiger partial charge in [0.15, 0.2) is 11.5 Å². The first-order valence-corrected chi connectivity index (χ1v) is 10.7. The third kappa shape index (κ3) is 4.00. The summed E-state index contributed by atoms with van der Waals surface area (Å²) in [5.41, 5.74) is 0.819. The van der Waals surface area contributed by atoms with Crippen molar-refractivity contribution in [1.82, 2.24) is 4.90 Å². The van der Waals surface area contributed by atoms with Gasteiger partial charge in [-0.2, -0.15) is 0 Å². The van der Waals surface area contributed by atoms with Crippen molar-refractivity contribution in [2.75, 3.05) is 7.11 Å². The lowest BCUT2D eigenvalue weighted by atomic mass is 9.68. The summed E-state index contributed by atoms with van der Waals surface area (Å²) in [7, 11) is 1.26. The van der Waals surface area contributed by atoms with Crippen LogP contribution in [0.3, 0.4) is 0 Å². The molecule has 0 spiro atoms. The Morgan fingerprint density at radius 3 is 1.79 bits per heavy atom. The summed E-state index contributed by atoms with van der Waals surface area (Å²) in [4.78, 5) is 40.2. The summed E-state index contributed by atoms with van der Waals surface area (Å²) in [6.07, 6.45) is 0. The first-order chi connectivity index (χ1) is 16.0. The zero-order valence-electron chi connectivity index (χ0n) is 18.5. The standard InChI is InChI=1S/C27H25NO5/c1-19(29)33-27(21-14-8-4-9-15-21,22-16-10-5-11-17-22)24-23(26(31)32-2)25(30)28(24)18-20-12-6-3-7-13-20/h3-17,23-24H,18H2,1-2H3/t23-,24+/m1/s1. The molecular formula is C27H25NO5. The van der Waals surface area contributed by atoms with E-state index in [1.807, 2.05) is 91.0 Å². The number of nitrogens with zero attached hydrogens (tertiary/aromatic N) is 1. The van der Waals surface area contributed by atoms with E-state index in [4.69, 9.17) is 9.47 Å². The van der Waals surface area contributed by atoms with Crippen molar-refractivity contribution in [3.63, 3.8) is 0 Å². The van der Waals surface area contributed by atoms with E-state index in [1.54, 1.807) is 4.90 Å². The molecule has 0 bridgehead atoms. The number of amides is 1. The molecule has 33 heavy (non-hydrogen) atoms. The summed E-state index contributed by atoms with van der Waals surface area (Å²) in [5.74, 6) is -2.65. The van der Waals surface area contributed by atoms with E-state index in [-0.39, 0.29) is 12.5 Å². The van der Waals surface area contributed by atoms with Crippen LogP contribution in [0.15, 0.2) is 91.0 Å². The van der Waals surface area contributed by atoms with E-state index in [2.05, 4.69) is 0 Å². The monoisotopic (exact) mass is 443 g/mol. The molecular weight excluding hydrogens is 418 g/mol. The smallest absolute Gasteiger partial charge is 0.320 e. The molecule has 0 radical (unpaired) electrons. The van der Waals surface area contributed by atoms with Crippen LogP contribution in [0.5, 0.6) is 0 Å². The molecule has 0 aromatic heterocycles. The van der Waals surface area contributed by atoms with Crippen molar-refractivity contribution in [1.29, 1.82) is 0 Å². The Labute approximate surface area is 192 Å². The minimum absolute atomic E-state index is 0.264. The van der Waals surface area contributed by atoms with Crippen LogP contribution in [-0.4, -0.2) is 35.9 Å². The summed E-state index contributed by atoms with van der Waals surface area (Å²) in [5, 5.41) is 0. The van der Waals surface area contributed by atoms with Crippen molar-refractivity contribution in [2.24, 2.45) is 5.92 Å². The number of rotatable bonds is 7. The zero-order chi connectivity index (χ0) is 23.4. The number of benzene rings is 3. The highest BCUT2D eigenvalue weighted by atomic mass is 16.6. The van der Waals surface area contributed by atoms with E-state index < -0.39 is 29.5 Å². The fourth-order valence-corrected chi connectivity index (χ4v) is 4.60. The van der Waals surface area contributed by atoms with Gasteiger partial charge in [0.1, 0.15) is 6.04 Å². The van der Waals surface area contributed by atoms with Gasteiger partial charge in [0.2, 0.25) is 5.91 Å². The van der Waals surface area contributed by atoms with Gasteiger partial charge in [-0.1, -0.05) is 91.0 Å². The second-order valence-electron chi connectivity index (χ2n) is 7.96. The fraction of sp³-hybridized carbons (Fsp3) is 0.222. The molecule has 3 aromatic carbocycles. The summed E-state index contributed by atoms with van der Waals surface area (Å²) in [6, 6.07) is 27.1. The van der Waals surface area contributed by atoms with Crippen LogP contribution in [0.2, 0.25) is 0 Å². The maximum atomic E-state index is 13.3. The highest BCUT2D eigenvalue weighted by molar-refractivity contribution is 6.04. The third-order valence-electron chi connectivity index (χ3n) is 5.98. The Balaban J connectivity index is 1.94. The molecule has 0 unspecified atom stereocenters. The molecule has 0 N–H and O–H groups in total. The first-order valence-electron chi connectivity index (χ1n) is 10.7. The maximum absolute atomic E-state index is 13.3. The number of likely N-dealkylation sites (tertiary alicyclic amines) is 1. The van der Waals surface area contributed by atoms with Crippen LogP contribution in [0.4, 0.5) is 0 Å². The normalized spacial score (nSPS) is 17.8. The van der Waals surface area contributed by atoms with Crippen LogP contribution in [0, 0.1) is 5.92 Å². The Bertz CT molecular complexity index is 1090. The first kappa shape index (κ1) is 22.3. The van der Waals surface area contributed by atoms with E-state index in [1.165, 1.54) is 14.0 Å². The predicted octanol–water partition coefficient (Wildman–Crippen LogP) is 3.69. The topological polar surface area (TPSA) is 72.9 Å². The Morgan fingerprint density at radius 1 is 0.848 bits per heavy atom. The van der Waals surface area contributed by atoms with Gasteiger partial charge in [0.05, 0.1) is 7.11 Å². The lowest BCUT2D eigenvalue weighted by molar-refractivity contribution is -0.197. The largest absolute Gasteiger partial charge is 0.468 e. The van der Waals surface area contributed by atoms with Gasteiger partial charge < -0.3 is 14.4 Å². The Hall–Kier alpha value is -3.93. The SMILES string of the molecule is COC(=O)[C@H]1C(=O)N(Cc2ccccc2)[C@@H]1C(OC(C)=O)(c1ccccc1)c1ccccc1. The number of methoxy groups -OCH3 is 1. The molecule has 4 rings (SSSR count). The molecule has 0 saturated carbocycles. The van der Waals surface area contributed by atoms with Gasteiger partial charge in [0.25, 0.3) is 0 Å². The third-order valence-corrected chi connectivity index (χ3v) is 5.98. The molecule has 1 aliphatic rings. The highest BCUT2D eigenvalue weighted by Gasteiger charge is 2.64. The lowest BCUT2D eigenvalue weighted by Crippen LogP contribution is -2.71. The quantitative estimate of drug-likeness (QED) is 0.316. The van der Waals surface area contributed by atoms with Crippen molar-refractivity contribution in [3.8, 4) is 0 Å². The van der Waals surface area contributed by atoms with Crippen molar-refractivity contribution >= 4 is 17.8 Å². The molecule has 1 heterocycles. The van der Waals surface area contributed by atoms with Gasteiger partial charge >= 0.3 is 11.9 Å². The molecule has 6 nitrogen and oxygen atoms in total. The number of esters is 2. The zero-order valence-corrected chi connectivity index (χ0v) is 18.5. The molecule has 168 valence electrons. The van der Waals surface area contributed by atoms with Crippen molar-refractivity contribution in [3.05, 3.63) is 108 Å². The van der Waals surface area contributed by atoms with E-state index in [0.29, 0.717) is 11.1 Å². The Kier molecular flexibility index (Phi) is 6.27. The molecule has 1 fully saturated rings. The number of carbonyl (C=O) groups excluding carboxylic acids is 3. The van der Waals surface area contributed by atoms with Gasteiger partial charge in [0, 0.05) is 24.6 Å². The number of β-lactam (4-membered cyclic amide) rings is 1. The lowest BCUT2D eigenvalue weighted by Gasteiger charge is -2.54. The van der Waals surface area contributed by atoms with Crippen LogP contribution in [0.25, 0.3) is 0 Å². The van der Waals surface area contributed by atoms with Crippen molar-refractivity contribution in [2.45, 2.75) is 25.1 Å². The summed E-state index contributed by atoms with van der Waals surface area (Å²) in [6.45, 7) is 1.59. The van der Waals surface area contributed by atoms with Crippen LogP contribution >= 0.6 is 0 Å². The molecule has 1 aliphatic heterocycles. The number of carbonyl (C=O) groups is 3. The molecule has 0 aliphatic carbocycles. The molecule has 3 aromatic rings. The minimum atomic E-state index is -1.41. The van der Waals surface area contributed by atoms with E-state index in [0.717, 1.165) is 5.56 Å². The van der Waals surface area contributed by atoms with Gasteiger partial charge in [-0.3, -0.25) is 14.4 Å². The van der Waals surface area contributed by atoms with Gasteiger partial charge in [-0.25, -0.2) is 0 Å². The van der Waals surface area contributed by atoms with Crippen molar-refractivity contribution < 1.29 is 23.9 Å². The summed E-state index contributed by atoms with van der Waals surface area (Å²) < 4.78 is 11.1. The van der Waals surface area contributed by atoms with Crippen LogP contribution in [-0.2, 0) is 36.0 Å². The molecule has 6 heteroatoms. The maximum Gasteiger partial charge on any atom is 0.320 e. The second-order valence-corrected chi connectivity index (χ2v) is 7.96. The number of ether oxygens (including phenoxy) is 2. The summed E-state index contributed by atoms with van der Waals surface area (Å²) >= 11 is 0. The van der Waals surface area contributed by atoms with Gasteiger partial charge in [-0.05, 0) is 5.56 Å². The van der Waals surface area contributed by atoms with E-state index in [9.17, 15) is 14.4 Å². The van der Waals surface area contributed by atoms with Gasteiger partial charge in [-0.15, -0.1) is 0 Å². The molecule has 1 saturated heterocycles. The second kappa shape index (κ2) is 9.28. The predicted molar refractivity (Wildman–Crippen MR) is 122 cm³/mol. The molecule has 2 atom stereocenters. The van der Waals surface area contributed by atoms with E-state index >= 15 is 0 Å². The highest BCUT2D eigenvalue weighted by Crippen LogP contribution is 2.48. The van der Waals surface area contributed by atoms with Crippen LogP contribution in [0.1, 0.15) is 23.6 Å².